The molecule has 1 saturated carbocycles. The highest BCUT2D eigenvalue weighted by atomic mass is 32.1. The molecular formula is C10H14N2S. The largest absolute Gasteiger partial charge is 0.347 e. The Morgan fingerprint density at radius 3 is 3.00 bits per heavy atom. The molecular weight excluding hydrogens is 180 g/mol. The van der Waals surface area contributed by atoms with E-state index >= 15 is 0 Å². The van der Waals surface area contributed by atoms with Crippen molar-refractivity contribution in [3.05, 3.63) is 22.2 Å². The summed E-state index contributed by atoms with van der Waals surface area (Å²) in [5, 5.41) is 0. The van der Waals surface area contributed by atoms with Crippen molar-refractivity contribution in [1.82, 2.24) is 9.97 Å². The highest BCUT2D eigenvalue weighted by molar-refractivity contribution is 7.71. The molecule has 70 valence electrons. The molecule has 2 nitrogen and oxygen atoms in total. The second-order valence-corrected chi connectivity index (χ2v) is 4.06. The van der Waals surface area contributed by atoms with Crippen molar-refractivity contribution in [3.63, 3.8) is 0 Å². The first kappa shape index (κ1) is 8.88. The fourth-order valence-corrected chi connectivity index (χ4v) is 1.74. The molecule has 1 fully saturated rings. The Balaban J connectivity index is 2.30. The van der Waals surface area contributed by atoms with Gasteiger partial charge in [0.2, 0.25) is 0 Å². The highest BCUT2D eigenvalue weighted by Gasteiger charge is 2.24. The molecule has 0 bridgehead atoms. The van der Waals surface area contributed by atoms with Crippen LogP contribution in [0.5, 0.6) is 0 Å². The lowest BCUT2D eigenvalue weighted by molar-refractivity contribution is 0.807. The van der Waals surface area contributed by atoms with Gasteiger partial charge in [-0.2, -0.15) is 0 Å². The SMILES string of the molecule is CCCc1nc(=S)cc(C2CC2)[nH]1. The Morgan fingerprint density at radius 1 is 1.62 bits per heavy atom. The molecule has 0 aromatic carbocycles. The van der Waals surface area contributed by atoms with Crippen LogP contribution in [-0.2, 0) is 6.42 Å². The first-order valence-corrected chi connectivity index (χ1v) is 5.30. The third-order valence-electron chi connectivity index (χ3n) is 2.32. The van der Waals surface area contributed by atoms with Crippen LogP contribution in [0.1, 0.15) is 43.6 Å². The maximum absolute atomic E-state index is 5.12. The zero-order chi connectivity index (χ0) is 9.26. The van der Waals surface area contributed by atoms with Gasteiger partial charge in [-0.25, -0.2) is 4.98 Å². The Hall–Kier alpha value is -0.700. The van der Waals surface area contributed by atoms with E-state index in [0.29, 0.717) is 0 Å². The van der Waals surface area contributed by atoms with Crippen LogP contribution in [0.15, 0.2) is 6.07 Å². The summed E-state index contributed by atoms with van der Waals surface area (Å²) < 4.78 is 0.740. The molecule has 1 aromatic heterocycles. The summed E-state index contributed by atoms with van der Waals surface area (Å²) in [5.41, 5.74) is 1.29. The van der Waals surface area contributed by atoms with Crippen molar-refractivity contribution in [3.8, 4) is 0 Å². The van der Waals surface area contributed by atoms with E-state index in [1.807, 2.05) is 6.07 Å². The van der Waals surface area contributed by atoms with Gasteiger partial charge in [-0.3, -0.25) is 0 Å². The van der Waals surface area contributed by atoms with E-state index in [9.17, 15) is 0 Å². The van der Waals surface area contributed by atoms with E-state index in [-0.39, 0.29) is 0 Å². The van der Waals surface area contributed by atoms with Gasteiger partial charge in [0.25, 0.3) is 0 Å². The molecule has 3 heteroatoms. The normalized spacial score (nSPS) is 16.1. The monoisotopic (exact) mass is 194 g/mol. The predicted molar refractivity (Wildman–Crippen MR) is 55.4 cm³/mol. The second kappa shape index (κ2) is 3.58. The van der Waals surface area contributed by atoms with E-state index in [1.165, 1.54) is 18.5 Å². The predicted octanol–water partition coefficient (Wildman–Crippen LogP) is 2.97. The highest BCUT2D eigenvalue weighted by Crippen LogP contribution is 2.38. The Kier molecular flexibility index (Phi) is 2.44. The fourth-order valence-electron chi connectivity index (χ4n) is 1.50. The summed E-state index contributed by atoms with van der Waals surface area (Å²) in [6, 6.07) is 2.01. The van der Waals surface area contributed by atoms with Gasteiger partial charge >= 0.3 is 0 Å². The lowest BCUT2D eigenvalue weighted by atomic mass is 10.2. The third kappa shape index (κ3) is 2.15. The molecule has 1 heterocycles. The van der Waals surface area contributed by atoms with Gasteiger partial charge in [-0.1, -0.05) is 19.1 Å². The molecule has 1 aliphatic rings. The lowest BCUT2D eigenvalue weighted by Gasteiger charge is -2.02. The minimum absolute atomic E-state index is 0.736. The molecule has 1 N–H and O–H groups in total. The molecule has 0 atom stereocenters. The maximum Gasteiger partial charge on any atom is 0.129 e. The number of aromatic nitrogens is 2. The molecule has 0 amide bonds. The summed E-state index contributed by atoms with van der Waals surface area (Å²) >= 11 is 5.12. The van der Waals surface area contributed by atoms with Gasteiger partial charge in [-0.05, 0) is 31.2 Å². The minimum atomic E-state index is 0.736. The zero-order valence-electron chi connectivity index (χ0n) is 7.84. The van der Waals surface area contributed by atoms with Gasteiger partial charge < -0.3 is 4.98 Å². The van der Waals surface area contributed by atoms with Crippen molar-refractivity contribution in [2.24, 2.45) is 0 Å². The average molecular weight is 194 g/mol. The first-order valence-electron chi connectivity index (χ1n) is 4.89. The average Bonchev–Trinajstić information content (AvgIpc) is 2.85. The van der Waals surface area contributed by atoms with Crippen molar-refractivity contribution in [1.29, 1.82) is 0 Å². The van der Waals surface area contributed by atoms with Crippen LogP contribution in [-0.4, -0.2) is 9.97 Å². The molecule has 0 aliphatic heterocycles. The van der Waals surface area contributed by atoms with E-state index in [0.717, 1.165) is 29.2 Å². The summed E-state index contributed by atoms with van der Waals surface area (Å²) in [4.78, 5) is 7.66. The third-order valence-corrected chi connectivity index (χ3v) is 2.53. The Bertz CT molecular complexity index is 352. The molecule has 1 aromatic rings. The van der Waals surface area contributed by atoms with E-state index in [4.69, 9.17) is 12.2 Å². The van der Waals surface area contributed by atoms with Gasteiger partial charge in [0, 0.05) is 12.1 Å². The molecule has 0 unspecified atom stereocenters. The smallest absolute Gasteiger partial charge is 0.129 e. The number of hydrogen-bond donors (Lipinski definition) is 1. The molecule has 0 radical (unpaired) electrons. The van der Waals surface area contributed by atoms with E-state index < -0.39 is 0 Å². The standard InChI is InChI=1S/C10H14N2S/c1-2-3-9-11-8(7-4-5-7)6-10(13)12-9/h6-7H,2-5H2,1H3,(H,11,12,13). The molecule has 13 heavy (non-hydrogen) atoms. The van der Waals surface area contributed by atoms with Crippen molar-refractivity contribution in [2.75, 3.05) is 0 Å². The molecule has 0 spiro atoms. The maximum atomic E-state index is 5.12. The van der Waals surface area contributed by atoms with Gasteiger partial charge in [0.15, 0.2) is 0 Å². The van der Waals surface area contributed by atoms with Gasteiger partial charge in [-0.15, -0.1) is 0 Å². The van der Waals surface area contributed by atoms with E-state index in [1.54, 1.807) is 0 Å². The first-order chi connectivity index (χ1) is 6.29. The molecule has 1 aliphatic carbocycles. The van der Waals surface area contributed by atoms with Crippen LogP contribution in [0.2, 0.25) is 0 Å². The van der Waals surface area contributed by atoms with Crippen molar-refractivity contribution >= 4 is 12.2 Å². The zero-order valence-corrected chi connectivity index (χ0v) is 8.66. The topological polar surface area (TPSA) is 28.7 Å². The number of aromatic amines is 1. The number of hydrogen-bond acceptors (Lipinski definition) is 2. The number of aryl methyl sites for hydroxylation is 1. The van der Waals surface area contributed by atoms with Crippen LogP contribution in [0.4, 0.5) is 0 Å². The van der Waals surface area contributed by atoms with Crippen LogP contribution < -0.4 is 0 Å². The Morgan fingerprint density at radius 2 is 2.38 bits per heavy atom. The number of nitrogens with zero attached hydrogens (tertiary/aromatic N) is 1. The minimum Gasteiger partial charge on any atom is -0.347 e. The quantitative estimate of drug-likeness (QED) is 0.749. The summed E-state index contributed by atoms with van der Waals surface area (Å²) in [6.07, 6.45) is 4.73. The second-order valence-electron chi connectivity index (χ2n) is 3.65. The summed E-state index contributed by atoms with van der Waals surface area (Å²) in [6.45, 7) is 2.16. The molecule has 0 saturated heterocycles. The van der Waals surface area contributed by atoms with Gasteiger partial charge in [0.05, 0.1) is 0 Å². The Labute approximate surface area is 83.4 Å². The van der Waals surface area contributed by atoms with Crippen LogP contribution in [0.25, 0.3) is 0 Å². The van der Waals surface area contributed by atoms with Crippen LogP contribution in [0, 0.1) is 4.64 Å². The van der Waals surface area contributed by atoms with Gasteiger partial charge in [0.1, 0.15) is 10.5 Å². The summed E-state index contributed by atoms with van der Waals surface area (Å²) in [7, 11) is 0. The number of rotatable bonds is 3. The van der Waals surface area contributed by atoms with Crippen LogP contribution >= 0.6 is 12.2 Å². The van der Waals surface area contributed by atoms with Crippen molar-refractivity contribution in [2.45, 2.75) is 38.5 Å². The fraction of sp³-hybridized carbons (Fsp3) is 0.600. The summed E-state index contributed by atoms with van der Waals surface area (Å²) in [5.74, 6) is 1.79. The van der Waals surface area contributed by atoms with E-state index in [2.05, 4.69) is 16.9 Å². The number of nitrogens with one attached hydrogen (secondary N) is 1. The number of H-pyrrole nitrogens is 1. The lowest BCUT2D eigenvalue weighted by Crippen LogP contribution is -1.98. The van der Waals surface area contributed by atoms with Crippen molar-refractivity contribution < 1.29 is 0 Å². The van der Waals surface area contributed by atoms with Crippen LogP contribution in [0.3, 0.4) is 0 Å². The molecule has 2 rings (SSSR count).